The van der Waals surface area contributed by atoms with Crippen molar-refractivity contribution in [1.82, 2.24) is 4.98 Å². The minimum absolute atomic E-state index is 0.0441. The first-order valence-electron chi connectivity index (χ1n) is 7.14. The zero-order valence-corrected chi connectivity index (χ0v) is 14.6. The van der Waals surface area contributed by atoms with Gasteiger partial charge in [0, 0.05) is 23.3 Å². The van der Waals surface area contributed by atoms with Gasteiger partial charge in [0.25, 0.3) is 5.69 Å². The summed E-state index contributed by atoms with van der Waals surface area (Å²) in [7, 11) is 1.61. The molecule has 1 heterocycles. The second kappa shape index (κ2) is 6.45. The van der Waals surface area contributed by atoms with E-state index in [2.05, 4.69) is 26.2 Å². The van der Waals surface area contributed by atoms with Crippen molar-refractivity contribution in [3.8, 4) is 5.75 Å². The second-order valence-electron chi connectivity index (χ2n) is 5.22. The molecule has 24 heavy (non-hydrogen) atoms. The smallest absolute Gasteiger partial charge is 0.278 e. The predicted octanol–water partition coefficient (Wildman–Crippen LogP) is 4.97. The summed E-state index contributed by atoms with van der Waals surface area (Å²) in [6.45, 7) is 1.90. The first-order chi connectivity index (χ1) is 11.5. The fraction of sp³-hybridized carbons (Fsp3) is 0.118. The molecule has 0 aliphatic carbocycles. The Balaban J connectivity index is 2.16. The van der Waals surface area contributed by atoms with Gasteiger partial charge >= 0.3 is 0 Å². The van der Waals surface area contributed by atoms with Gasteiger partial charge in [-0.1, -0.05) is 6.07 Å². The molecule has 122 valence electrons. The average molecular weight is 388 g/mol. The Morgan fingerprint density at radius 1 is 1.17 bits per heavy atom. The molecule has 0 unspecified atom stereocenters. The standard InChI is InChI=1S/C17H14BrN3O3/c1-10-3-8-14(21(22)23)16-13(18)9-19-17(15(10)16)20-11-4-6-12(24-2)7-5-11/h3-9H,1-2H3,(H,19,20). The van der Waals surface area contributed by atoms with Gasteiger partial charge in [-0.2, -0.15) is 0 Å². The lowest BCUT2D eigenvalue weighted by molar-refractivity contribution is -0.383. The van der Waals surface area contributed by atoms with Gasteiger partial charge in [0.2, 0.25) is 0 Å². The summed E-state index contributed by atoms with van der Waals surface area (Å²) in [6.07, 6.45) is 1.57. The maximum absolute atomic E-state index is 11.3. The van der Waals surface area contributed by atoms with Crippen molar-refractivity contribution in [2.75, 3.05) is 12.4 Å². The van der Waals surface area contributed by atoms with E-state index in [1.807, 2.05) is 31.2 Å². The van der Waals surface area contributed by atoms with Gasteiger partial charge in [-0.3, -0.25) is 10.1 Å². The highest BCUT2D eigenvalue weighted by atomic mass is 79.9. The maximum Gasteiger partial charge on any atom is 0.278 e. The Kier molecular flexibility index (Phi) is 4.35. The zero-order valence-electron chi connectivity index (χ0n) is 13.0. The Bertz CT molecular complexity index is 927. The van der Waals surface area contributed by atoms with Crippen molar-refractivity contribution in [2.45, 2.75) is 6.92 Å². The van der Waals surface area contributed by atoms with Gasteiger partial charge in [0.15, 0.2) is 0 Å². The third kappa shape index (κ3) is 2.90. The number of anilines is 2. The molecule has 0 saturated carbocycles. The molecule has 3 rings (SSSR count). The molecule has 0 aliphatic rings. The van der Waals surface area contributed by atoms with Gasteiger partial charge in [0.05, 0.1) is 21.9 Å². The van der Waals surface area contributed by atoms with Crippen molar-refractivity contribution < 1.29 is 9.66 Å². The maximum atomic E-state index is 11.3. The molecule has 0 bridgehead atoms. The molecule has 0 saturated heterocycles. The fourth-order valence-corrected chi connectivity index (χ4v) is 3.05. The van der Waals surface area contributed by atoms with E-state index in [9.17, 15) is 10.1 Å². The lowest BCUT2D eigenvalue weighted by Crippen LogP contribution is -1.99. The number of nitrogens with zero attached hydrogens (tertiary/aromatic N) is 2. The minimum Gasteiger partial charge on any atom is -0.497 e. The number of fused-ring (bicyclic) bond motifs is 1. The van der Waals surface area contributed by atoms with Crippen LogP contribution in [-0.2, 0) is 0 Å². The molecule has 6 nitrogen and oxygen atoms in total. The summed E-state index contributed by atoms with van der Waals surface area (Å²) in [5.74, 6) is 1.32. The van der Waals surface area contributed by atoms with Crippen molar-refractivity contribution in [3.63, 3.8) is 0 Å². The molecule has 7 heteroatoms. The highest BCUT2D eigenvalue weighted by molar-refractivity contribution is 9.10. The van der Waals surface area contributed by atoms with E-state index in [-0.39, 0.29) is 10.6 Å². The Labute approximate surface area is 146 Å². The number of aryl methyl sites for hydroxylation is 1. The fourth-order valence-electron chi connectivity index (χ4n) is 2.55. The third-order valence-corrected chi connectivity index (χ3v) is 4.33. The normalized spacial score (nSPS) is 10.6. The number of non-ortho nitro benzene ring substituents is 1. The van der Waals surface area contributed by atoms with Crippen molar-refractivity contribution in [3.05, 3.63) is 62.7 Å². The summed E-state index contributed by atoms with van der Waals surface area (Å²) in [5, 5.41) is 15.8. The molecule has 0 fully saturated rings. The number of benzene rings is 2. The average Bonchev–Trinajstić information content (AvgIpc) is 2.58. The Hall–Kier alpha value is -2.67. The summed E-state index contributed by atoms with van der Waals surface area (Å²) < 4.78 is 5.73. The largest absolute Gasteiger partial charge is 0.497 e. The number of hydrogen-bond donors (Lipinski definition) is 1. The topological polar surface area (TPSA) is 77.3 Å². The highest BCUT2D eigenvalue weighted by Crippen LogP contribution is 2.38. The van der Waals surface area contributed by atoms with Crippen LogP contribution in [0, 0.1) is 17.0 Å². The van der Waals surface area contributed by atoms with Crippen molar-refractivity contribution in [2.24, 2.45) is 0 Å². The number of hydrogen-bond acceptors (Lipinski definition) is 5. The second-order valence-corrected chi connectivity index (χ2v) is 6.07. The van der Waals surface area contributed by atoms with Crippen LogP contribution < -0.4 is 10.1 Å². The lowest BCUT2D eigenvalue weighted by atomic mass is 10.0. The molecule has 0 spiro atoms. The van der Waals surface area contributed by atoms with E-state index in [0.29, 0.717) is 15.7 Å². The number of nitro groups is 1. The van der Waals surface area contributed by atoms with Gasteiger partial charge in [-0.25, -0.2) is 4.98 Å². The van der Waals surface area contributed by atoms with Crippen LogP contribution in [0.4, 0.5) is 17.2 Å². The van der Waals surface area contributed by atoms with E-state index >= 15 is 0 Å². The summed E-state index contributed by atoms with van der Waals surface area (Å²) in [6, 6.07) is 10.6. The molecule has 3 aromatic rings. The molecule has 2 aromatic carbocycles. The quantitative estimate of drug-likeness (QED) is 0.505. The molecule has 0 radical (unpaired) electrons. The summed E-state index contributed by atoms with van der Waals surface area (Å²) >= 11 is 3.38. The monoisotopic (exact) mass is 387 g/mol. The van der Waals surface area contributed by atoms with Crippen LogP contribution in [0.5, 0.6) is 5.75 Å². The van der Waals surface area contributed by atoms with Crippen LogP contribution in [0.1, 0.15) is 5.56 Å². The van der Waals surface area contributed by atoms with Crippen LogP contribution in [-0.4, -0.2) is 17.0 Å². The van der Waals surface area contributed by atoms with Gasteiger partial charge < -0.3 is 10.1 Å². The number of pyridine rings is 1. The number of ether oxygens (including phenoxy) is 1. The molecule has 1 N–H and O–H groups in total. The highest BCUT2D eigenvalue weighted by Gasteiger charge is 2.19. The number of methoxy groups -OCH3 is 1. The Morgan fingerprint density at radius 3 is 2.50 bits per heavy atom. The van der Waals surface area contributed by atoms with Crippen LogP contribution in [0.25, 0.3) is 10.8 Å². The van der Waals surface area contributed by atoms with Crippen molar-refractivity contribution in [1.29, 1.82) is 0 Å². The molecule has 0 atom stereocenters. The van der Waals surface area contributed by atoms with E-state index in [1.165, 1.54) is 6.07 Å². The minimum atomic E-state index is -0.385. The number of aromatic nitrogens is 1. The summed E-state index contributed by atoms with van der Waals surface area (Å²) in [4.78, 5) is 15.4. The van der Waals surface area contributed by atoms with Gasteiger partial charge in [0.1, 0.15) is 11.6 Å². The van der Waals surface area contributed by atoms with E-state index in [4.69, 9.17) is 4.74 Å². The third-order valence-electron chi connectivity index (χ3n) is 3.72. The van der Waals surface area contributed by atoms with Crippen LogP contribution in [0.3, 0.4) is 0 Å². The number of halogens is 1. The SMILES string of the molecule is COc1ccc(Nc2ncc(Br)c3c([N+](=O)[O-])ccc(C)c23)cc1. The first kappa shape index (κ1) is 16.2. The van der Waals surface area contributed by atoms with E-state index < -0.39 is 0 Å². The molecular weight excluding hydrogens is 374 g/mol. The molecule has 1 aromatic heterocycles. The number of rotatable bonds is 4. The van der Waals surface area contributed by atoms with Crippen LogP contribution in [0.15, 0.2) is 47.1 Å². The van der Waals surface area contributed by atoms with E-state index in [0.717, 1.165) is 22.4 Å². The number of nitrogens with one attached hydrogen (secondary N) is 1. The van der Waals surface area contributed by atoms with Crippen molar-refractivity contribution >= 4 is 43.9 Å². The van der Waals surface area contributed by atoms with Crippen LogP contribution >= 0.6 is 15.9 Å². The number of nitro benzene ring substituents is 1. The van der Waals surface area contributed by atoms with Gasteiger partial charge in [-0.15, -0.1) is 0 Å². The molecule has 0 amide bonds. The Morgan fingerprint density at radius 2 is 1.88 bits per heavy atom. The lowest BCUT2D eigenvalue weighted by Gasteiger charge is -2.12. The first-order valence-corrected chi connectivity index (χ1v) is 7.94. The van der Waals surface area contributed by atoms with E-state index in [1.54, 1.807) is 19.4 Å². The predicted molar refractivity (Wildman–Crippen MR) is 97.1 cm³/mol. The zero-order chi connectivity index (χ0) is 17.3. The molecular formula is C17H14BrN3O3. The molecule has 0 aliphatic heterocycles. The van der Waals surface area contributed by atoms with Crippen LogP contribution in [0.2, 0.25) is 0 Å². The van der Waals surface area contributed by atoms with Gasteiger partial charge in [-0.05, 0) is 52.7 Å². The summed E-state index contributed by atoms with van der Waals surface area (Å²) in [5.41, 5.74) is 1.76.